The van der Waals surface area contributed by atoms with Gasteiger partial charge in [-0.05, 0) is 39.8 Å². The molecule has 0 unspecified atom stereocenters. The van der Waals surface area contributed by atoms with Crippen molar-refractivity contribution < 1.29 is 19.1 Å². The maximum absolute atomic E-state index is 12.2. The molecule has 0 bridgehead atoms. The predicted octanol–water partition coefficient (Wildman–Crippen LogP) is 1.89. The van der Waals surface area contributed by atoms with Crippen molar-refractivity contribution >= 4 is 17.5 Å². The number of hydrogen-bond acceptors (Lipinski definition) is 5. The van der Waals surface area contributed by atoms with Gasteiger partial charge >= 0.3 is 0 Å². The van der Waals surface area contributed by atoms with Crippen molar-refractivity contribution in [2.45, 2.75) is 39.8 Å². The van der Waals surface area contributed by atoms with Crippen molar-refractivity contribution in [1.29, 1.82) is 5.26 Å². The number of amides is 1. The van der Waals surface area contributed by atoms with Gasteiger partial charge in [0.1, 0.15) is 5.75 Å². The van der Waals surface area contributed by atoms with Gasteiger partial charge < -0.3 is 10.1 Å². The largest absolute Gasteiger partial charge is 0.483 e. The summed E-state index contributed by atoms with van der Waals surface area (Å²) in [5.74, 6) is -2.48. The molecule has 0 aliphatic rings. The lowest BCUT2D eigenvalue weighted by Gasteiger charge is -2.17. The number of ketones is 2. The predicted molar refractivity (Wildman–Crippen MR) is 83.9 cm³/mol. The molecule has 6 heteroatoms. The zero-order chi connectivity index (χ0) is 17.6. The van der Waals surface area contributed by atoms with Crippen LogP contribution in [0.1, 0.15) is 38.1 Å². The van der Waals surface area contributed by atoms with Crippen molar-refractivity contribution in [3.8, 4) is 11.8 Å². The van der Waals surface area contributed by atoms with E-state index in [1.165, 1.54) is 19.9 Å². The molecular weight excluding hydrogens is 296 g/mol. The Bertz CT molecular complexity index is 646. The highest BCUT2D eigenvalue weighted by molar-refractivity contribution is 6.05. The average Bonchev–Trinajstić information content (AvgIpc) is 2.47. The lowest BCUT2D eigenvalue weighted by atomic mass is 10.0. The fraction of sp³-hybridized carbons (Fsp3) is 0.412. The Balaban J connectivity index is 2.83. The first-order valence-corrected chi connectivity index (χ1v) is 7.27. The molecule has 2 atom stereocenters. The average molecular weight is 316 g/mol. The summed E-state index contributed by atoms with van der Waals surface area (Å²) in [6.07, 6.45) is -0.986. The molecule has 1 amide bonds. The minimum atomic E-state index is -1.43. The van der Waals surface area contributed by atoms with Crippen LogP contribution >= 0.6 is 0 Å². The normalized spacial score (nSPS) is 12.9. The van der Waals surface area contributed by atoms with E-state index in [9.17, 15) is 14.4 Å². The van der Waals surface area contributed by atoms with Crippen LogP contribution in [0.2, 0.25) is 0 Å². The monoisotopic (exact) mass is 316 g/mol. The number of carbonyl (C=O) groups is 3. The van der Waals surface area contributed by atoms with Crippen LogP contribution in [-0.2, 0) is 9.59 Å². The second kappa shape index (κ2) is 8.08. The van der Waals surface area contributed by atoms with Crippen LogP contribution in [0.5, 0.6) is 5.75 Å². The third-order valence-electron chi connectivity index (χ3n) is 3.06. The van der Waals surface area contributed by atoms with Gasteiger partial charge in [0.05, 0.1) is 6.07 Å². The van der Waals surface area contributed by atoms with E-state index in [-0.39, 0.29) is 11.8 Å². The Morgan fingerprint density at radius 3 is 2.39 bits per heavy atom. The van der Waals surface area contributed by atoms with Crippen LogP contribution in [0, 0.1) is 17.2 Å². The molecule has 0 fully saturated rings. The van der Waals surface area contributed by atoms with Gasteiger partial charge in [0, 0.05) is 11.6 Å². The van der Waals surface area contributed by atoms with Crippen LogP contribution in [-0.4, -0.2) is 29.6 Å². The van der Waals surface area contributed by atoms with Crippen molar-refractivity contribution in [3.63, 3.8) is 0 Å². The first-order chi connectivity index (χ1) is 10.8. The number of carbonyl (C=O) groups excluding carboxylic acids is 3. The molecule has 1 aromatic carbocycles. The molecule has 0 saturated heterocycles. The van der Waals surface area contributed by atoms with E-state index in [0.29, 0.717) is 11.3 Å². The third-order valence-corrected chi connectivity index (χ3v) is 3.06. The number of ether oxygens (including phenoxy) is 1. The molecule has 0 aliphatic carbocycles. The van der Waals surface area contributed by atoms with Crippen LogP contribution in [0.25, 0.3) is 0 Å². The van der Waals surface area contributed by atoms with Gasteiger partial charge in [-0.25, -0.2) is 0 Å². The number of nitriles is 1. The van der Waals surface area contributed by atoms with Gasteiger partial charge in [0.15, 0.2) is 23.6 Å². The molecule has 1 rings (SSSR count). The fourth-order valence-corrected chi connectivity index (χ4v) is 1.90. The Labute approximate surface area is 135 Å². The van der Waals surface area contributed by atoms with E-state index in [2.05, 4.69) is 5.32 Å². The number of Topliss-reactive ketones (excluding diaryl/α,β-unsaturated/α-hetero) is 2. The zero-order valence-electron chi connectivity index (χ0n) is 13.6. The summed E-state index contributed by atoms with van der Waals surface area (Å²) in [5.41, 5.74) is 0.455. The second-order valence-electron chi connectivity index (χ2n) is 5.47. The molecule has 0 saturated carbocycles. The molecule has 6 nitrogen and oxygen atoms in total. The number of nitrogens with one attached hydrogen (secondary N) is 1. The molecule has 1 aromatic rings. The van der Waals surface area contributed by atoms with Gasteiger partial charge in [-0.1, -0.05) is 12.1 Å². The first kappa shape index (κ1) is 18.4. The minimum Gasteiger partial charge on any atom is -0.483 e. The standard InChI is InChI=1S/C17H20N2O4/c1-10(2)19-17(22)15(9-18)16(21)12(4)23-14-7-5-6-13(8-14)11(3)20/h5-8,10,12,15H,1-4H3,(H,19,22)/t12-,15-/m1/s1. The van der Waals surface area contributed by atoms with E-state index < -0.39 is 23.7 Å². The van der Waals surface area contributed by atoms with Gasteiger partial charge in [-0.3, -0.25) is 14.4 Å². The van der Waals surface area contributed by atoms with Crippen LogP contribution in [0.4, 0.5) is 0 Å². The number of rotatable bonds is 7. The lowest BCUT2D eigenvalue weighted by molar-refractivity contribution is -0.135. The number of hydrogen-bond donors (Lipinski definition) is 1. The molecule has 0 heterocycles. The lowest BCUT2D eigenvalue weighted by Crippen LogP contribution is -2.42. The maximum Gasteiger partial charge on any atom is 0.245 e. The quantitative estimate of drug-likeness (QED) is 0.612. The summed E-state index contributed by atoms with van der Waals surface area (Å²) in [6.45, 7) is 6.37. The Morgan fingerprint density at radius 1 is 1.22 bits per heavy atom. The topological polar surface area (TPSA) is 96.3 Å². The highest BCUT2D eigenvalue weighted by Gasteiger charge is 2.31. The van der Waals surface area contributed by atoms with Crippen molar-refractivity contribution in [3.05, 3.63) is 29.8 Å². The van der Waals surface area contributed by atoms with Crippen molar-refractivity contribution in [1.82, 2.24) is 5.32 Å². The molecule has 23 heavy (non-hydrogen) atoms. The third kappa shape index (κ3) is 5.22. The van der Waals surface area contributed by atoms with Crippen molar-refractivity contribution in [2.75, 3.05) is 0 Å². The molecule has 122 valence electrons. The maximum atomic E-state index is 12.2. The van der Waals surface area contributed by atoms with E-state index in [1.54, 1.807) is 38.1 Å². The van der Waals surface area contributed by atoms with Gasteiger partial charge in [0.25, 0.3) is 0 Å². The van der Waals surface area contributed by atoms with E-state index in [1.807, 2.05) is 0 Å². The summed E-state index contributed by atoms with van der Waals surface area (Å²) in [7, 11) is 0. The van der Waals surface area contributed by atoms with E-state index in [0.717, 1.165) is 0 Å². The number of nitrogens with zero attached hydrogens (tertiary/aromatic N) is 1. The fourth-order valence-electron chi connectivity index (χ4n) is 1.90. The van der Waals surface area contributed by atoms with Crippen molar-refractivity contribution in [2.24, 2.45) is 5.92 Å². The molecular formula is C17H20N2O4. The molecule has 0 aliphatic heterocycles. The molecule has 0 aromatic heterocycles. The highest BCUT2D eigenvalue weighted by Crippen LogP contribution is 2.17. The van der Waals surface area contributed by atoms with Crippen LogP contribution in [0.3, 0.4) is 0 Å². The van der Waals surface area contributed by atoms with Gasteiger partial charge in [-0.2, -0.15) is 5.26 Å². The van der Waals surface area contributed by atoms with Gasteiger partial charge in [-0.15, -0.1) is 0 Å². The Morgan fingerprint density at radius 2 is 1.87 bits per heavy atom. The van der Waals surface area contributed by atoms with E-state index in [4.69, 9.17) is 10.00 Å². The van der Waals surface area contributed by atoms with Crippen LogP contribution in [0.15, 0.2) is 24.3 Å². The Kier molecular flexibility index (Phi) is 6.46. The second-order valence-corrected chi connectivity index (χ2v) is 5.47. The van der Waals surface area contributed by atoms with Crippen LogP contribution < -0.4 is 10.1 Å². The Hall–Kier alpha value is -2.68. The summed E-state index contributed by atoms with van der Waals surface area (Å²) in [4.78, 5) is 35.5. The van der Waals surface area contributed by atoms with E-state index >= 15 is 0 Å². The summed E-state index contributed by atoms with van der Waals surface area (Å²) in [5, 5.41) is 11.6. The summed E-state index contributed by atoms with van der Waals surface area (Å²) < 4.78 is 5.47. The summed E-state index contributed by atoms with van der Waals surface area (Å²) in [6, 6.07) is 7.92. The highest BCUT2D eigenvalue weighted by atomic mass is 16.5. The minimum absolute atomic E-state index is 0.124. The molecule has 0 radical (unpaired) electrons. The number of benzene rings is 1. The molecule has 0 spiro atoms. The summed E-state index contributed by atoms with van der Waals surface area (Å²) >= 11 is 0. The SMILES string of the molecule is CC(=O)c1cccc(O[C@H](C)C(=O)[C@@H](C#N)C(=O)NC(C)C)c1. The first-order valence-electron chi connectivity index (χ1n) is 7.27. The zero-order valence-corrected chi connectivity index (χ0v) is 13.6. The smallest absolute Gasteiger partial charge is 0.245 e. The molecule has 1 N–H and O–H groups in total. The van der Waals surface area contributed by atoms with Gasteiger partial charge in [0.2, 0.25) is 5.91 Å².